The van der Waals surface area contributed by atoms with E-state index in [4.69, 9.17) is 10.8 Å². The fourth-order valence-corrected chi connectivity index (χ4v) is 2.54. The van der Waals surface area contributed by atoms with Gasteiger partial charge < -0.3 is 16.2 Å². The van der Waals surface area contributed by atoms with Gasteiger partial charge in [-0.15, -0.1) is 0 Å². The number of aliphatic carboxylic acids is 1. The van der Waals surface area contributed by atoms with E-state index in [1.165, 1.54) is 6.92 Å². The van der Waals surface area contributed by atoms with Gasteiger partial charge in [-0.25, -0.2) is 4.79 Å². The van der Waals surface area contributed by atoms with Gasteiger partial charge in [0, 0.05) is 24.6 Å². The quantitative estimate of drug-likeness (QED) is 0.683. The van der Waals surface area contributed by atoms with Crippen LogP contribution in [0.15, 0.2) is 11.6 Å². The Balaban J connectivity index is 2.75. The van der Waals surface area contributed by atoms with Crippen molar-refractivity contribution in [3.05, 3.63) is 11.6 Å². The van der Waals surface area contributed by atoms with Gasteiger partial charge >= 0.3 is 5.97 Å². The summed E-state index contributed by atoms with van der Waals surface area (Å²) in [5.41, 5.74) is 6.44. The van der Waals surface area contributed by atoms with E-state index in [2.05, 4.69) is 12.2 Å². The molecule has 0 aromatic carbocycles. The van der Waals surface area contributed by atoms with Crippen molar-refractivity contribution in [1.29, 1.82) is 0 Å². The highest BCUT2D eigenvalue weighted by atomic mass is 16.4. The number of hydrogen-bond donors (Lipinski definition) is 3. The SMILES string of the molecule is CCC[C@H](NC(C)=O)[C@H]1CC=C(C(=O)O)C[C@@H]1N. The minimum absolute atomic E-state index is 0.0362. The van der Waals surface area contributed by atoms with Gasteiger partial charge in [0.25, 0.3) is 0 Å². The minimum atomic E-state index is -0.893. The molecule has 4 N–H and O–H groups in total. The number of nitrogens with two attached hydrogens (primary N) is 1. The maximum atomic E-state index is 11.2. The largest absolute Gasteiger partial charge is 0.478 e. The number of carboxylic acid groups (broad SMARTS) is 1. The lowest BCUT2D eigenvalue weighted by molar-refractivity contribution is -0.133. The average Bonchev–Trinajstić information content (AvgIpc) is 2.27. The smallest absolute Gasteiger partial charge is 0.331 e. The molecular formula is C13H22N2O3. The van der Waals surface area contributed by atoms with Crippen LogP contribution in [0.3, 0.4) is 0 Å². The molecule has 0 aliphatic heterocycles. The second-order valence-corrected chi connectivity index (χ2v) is 4.90. The molecule has 102 valence electrons. The van der Waals surface area contributed by atoms with Gasteiger partial charge in [-0.2, -0.15) is 0 Å². The molecule has 3 atom stereocenters. The van der Waals surface area contributed by atoms with E-state index < -0.39 is 5.97 Å². The van der Waals surface area contributed by atoms with Gasteiger partial charge in [0.05, 0.1) is 0 Å². The van der Waals surface area contributed by atoms with Crippen molar-refractivity contribution in [3.8, 4) is 0 Å². The Morgan fingerprint density at radius 2 is 2.28 bits per heavy atom. The van der Waals surface area contributed by atoms with Crippen LogP contribution in [0.4, 0.5) is 0 Å². The first-order valence-electron chi connectivity index (χ1n) is 6.40. The fraction of sp³-hybridized carbons (Fsp3) is 0.692. The minimum Gasteiger partial charge on any atom is -0.478 e. The van der Waals surface area contributed by atoms with Gasteiger partial charge in [0.15, 0.2) is 0 Å². The molecule has 0 saturated carbocycles. The summed E-state index contributed by atoms with van der Waals surface area (Å²) in [6, 6.07) is -0.168. The number of allylic oxidation sites excluding steroid dienone is 1. The fourth-order valence-electron chi connectivity index (χ4n) is 2.54. The molecule has 0 aromatic rings. The zero-order valence-electron chi connectivity index (χ0n) is 11.0. The summed E-state index contributed by atoms with van der Waals surface area (Å²) < 4.78 is 0. The second kappa shape index (κ2) is 6.54. The summed E-state index contributed by atoms with van der Waals surface area (Å²) in [6.07, 6.45) is 4.56. The molecular weight excluding hydrogens is 232 g/mol. The molecule has 0 heterocycles. The highest BCUT2D eigenvalue weighted by Crippen LogP contribution is 2.27. The zero-order valence-corrected chi connectivity index (χ0v) is 11.0. The second-order valence-electron chi connectivity index (χ2n) is 4.90. The van der Waals surface area contributed by atoms with Crippen LogP contribution >= 0.6 is 0 Å². The van der Waals surface area contributed by atoms with Crippen molar-refractivity contribution in [2.24, 2.45) is 11.7 Å². The third-order valence-electron chi connectivity index (χ3n) is 3.42. The van der Waals surface area contributed by atoms with Crippen LogP contribution in [0.2, 0.25) is 0 Å². The van der Waals surface area contributed by atoms with Gasteiger partial charge in [0.2, 0.25) is 5.91 Å². The van der Waals surface area contributed by atoms with E-state index in [1.807, 2.05) is 0 Å². The topological polar surface area (TPSA) is 92.4 Å². The standard InChI is InChI=1S/C13H22N2O3/c1-3-4-12(15-8(2)16)10-6-5-9(13(17)18)7-11(10)14/h5,10-12H,3-4,6-7,14H2,1-2H3,(H,15,16)(H,17,18)/t10-,11-,12-/m0/s1. The molecule has 1 amide bonds. The Kier molecular flexibility index (Phi) is 5.34. The normalized spacial score (nSPS) is 25.2. The molecule has 0 aromatic heterocycles. The number of carbonyl (C=O) groups is 2. The van der Waals surface area contributed by atoms with E-state index in [1.54, 1.807) is 6.08 Å². The lowest BCUT2D eigenvalue weighted by Gasteiger charge is -2.34. The number of rotatable bonds is 5. The summed E-state index contributed by atoms with van der Waals surface area (Å²) in [5, 5.41) is 11.9. The molecule has 5 heteroatoms. The maximum absolute atomic E-state index is 11.2. The molecule has 18 heavy (non-hydrogen) atoms. The van der Waals surface area contributed by atoms with Gasteiger partial charge in [-0.1, -0.05) is 19.4 Å². The van der Waals surface area contributed by atoms with Crippen LogP contribution in [0, 0.1) is 5.92 Å². The first-order valence-corrected chi connectivity index (χ1v) is 6.40. The van der Waals surface area contributed by atoms with E-state index in [0.717, 1.165) is 12.8 Å². The summed E-state index contributed by atoms with van der Waals surface area (Å²) in [6.45, 7) is 3.55. The van der Waals surface area contributed by atoms with E-state index >= 15 is 0 Å². The average molecular weight is 254 g/mol. The highest BCUT2D eigenvalue weighted by Gasteiger charge is 2.31. The van der Waals surface area contributed by atoms with Crippen LogP contribution in [0.1, 0.15) is 39.5 Å². The summed E-state index contributed by atoms with van der Waals surface area (Å²) in [5.74, 6) is -0.832. The number of hydrogen-bond acceptors (Lipinski definition) is 3. The van der Waals surface area contributed by atoms with E-state index in [0.29, 0.717) is 18.4 Å². The first kappa shape index (κ1) is 14.7. The van der Waals surface area contributed by atoms with Crippen molar-refractivity contribution >= 4 is 11.9 Å². The van der Waals surface area contributed by atoms with Crippen molar-refractivity contribution in [2.75, 3.05) is 0 Å². The summed E-state index contributed by atoms with van der Waals surface area (Å²) >= 11 is 0. The Hall–Kier alpha value is -1.36. The highest BCUT2D eigenvalue weighted by molar-refractivity contribution is 5.86. The maximum Gasteiger partial charge on any atom is 0.331 e. The van der Waals surface area contributed by atoms with Crippen LogP contribution in [-0.4, -0.2) is 29.1 Å². The lowest BCUT2D eigenvalue weighted by atomic mass is 9.79. The zero-order chi connectivity index (χ0) is 13.7. The van der Waals surface area contributed by atoms with Crippen LogP contribution in [0.25, 0.3) is 0 Å². The van der Waals surface area contributed by atoms with Crippen molar-refractivity contribution < 1.29 is 14.7 Å². The molecule has 1 rings (SSSR count). The van der Waals surface area contributed by atoms with E-state index in [9.17, 15) is 9.59 Å². The van der Waals surface area contributed by atoms with Crippen molar-refractivity contribution in [3.63, 3.8) is 0 Å². The number of carboxylic acids is 1. The number of nitrogens with one attached hydrogen (secondary N) is 1. The molecule has 0 unspecified atom stereocenters. The van der Waals surface area contributed by atoms with Crippen LogP contribution < -0.4 is 11.1 Å². The monoisotopic (exact) mass is 254 g/mol. The Morgan fingerprint density at radius 1 is 1.61 bits per heavy atom. The molecule has 0 bridgehead atoms. The molecule has 5 nitrogen and oxygen atoms in total. The van der Waals surface area contributed by atoms with Gasteiger partial charge in [-0.05, 0) is 25.2 Å². The molecule has 0 saturated heterocycles. The lowest BCUT2D eigenvalue weighted by Crippen LogP contribution is -2.48. The third-order valence-corrected chi connectivity index (χ3v) is 3.42. The molecule has 0 spiro atoms. The number of carbonyl (C=O) groups excluding carboxylic acids is 1. The van der Waals surface area contributed by atoms with Crippen molar-refractivity contribution in [2.45, 2.75) is 51.6 Å². The van der Waals surface area contributed by atoms with Crippen LogP contribution in [-0.2, 0) is 9.59 Å². The first-order chi connectivity index (χ1) is 8.45. The Morgan fingerprint density at radius 3 is 2.72 bits per heavy atom. The molecule has 0 fully saturated rings. The summed E-state index contributed by atoms with van der Waals surface area (Å²) in [7, 11) is 0. The molecule has 1 aliphatic carbocycles. The Labute approximate surface area is 107 Å². The van der Waals surface area contributed by atoms with Gasteiger partial charge in [0.1, 0.15) is 0 Å². The van der Waals surface area contributed by atoms with E-state index in [-0.39, 0.29) is 23.9 Å². The molecule has 1 aliphatic rings. The van der Waals surface area contributed by atoms with Crippen molar-refractivity contribution in [1.82, 2.24) is 5.32 Å². The predicted octanol–water partition coefficient (Wildman–Crippen LogP) is 1.04. The number of amides is 1. The van der Waals surface area contributed by atoms with Crippen LogP contribution in [0.5, 0.6) is 0 Å². The molecule has 0 radical (unpaired) electrons. The Bertz CT molecular complexity index is 352. The summed E-state index contributed by atoms with van der Waals surface area (Å²) in [4.78, 5) is 22.1. The predicted molar refractivity (Wildman–Crippen MR) is 68.9 cm³/mol. The third kappa shape index (κ3) is 3.84. The van der Waals surface area contributed by atoms with Gasteiger partial charge in [-0.3, -0.25) is 4.79 Å².